The summed E-state index contributed by atoms with van der Waals surface area (Å²) in [6.45, 7) is 4.28. The molecule has 1 aliphatic carbocycles. The predicted molar refractivity (Wildman–Crippen MR) is 136 cm³/mol. The van der Waals surface area contributed by atoms with E-state index < -0.39 is 0 Å². The van der Waals surface area contributed by atoms with E-state index in [1.807, 2.05) is 30.1 Å². The lowest BCUT2D eigenvalue weighted by Crippen LogP contribution is -2.37. The zero-order valence-corrected chi connectivity index (χ0v) is 21.2. The summed E-state index contributed by atoms with van der Waals surface area (Å²) in [5, 5.41) is 11.0. The molecule has 7 nitrogen and oxygen atoms in total. The van der Waals surface area contributed by atoms with Crippen molar-refractivity contribution in [2.45, 2.75) is 58.1 Å². The van der Waals surface area contributed by atoms with Crippen LogP contribution in [-0.2, 0) is 20.0 Å². The van der Waals surface area contributed by atoms with Crippen molar-refractivity contribution in [2.24, 2.45) is 12.0 Å². The van der Waals surface area contributed by atoms with Gasteiger partial charge in [0.1, 0.15) is 0 Å². The Morgan fingerprint density at radius 2 is 2.06 bits per heavy atom. The Morgan fingerprint density at radius 1 is 1.26 bits per heavy atom. The average molecular weight is 541 g/mol. The van der Waals surface area contributed by atoms with Crippen LogP contribution in [0.1, 0.15) is 50.2 Å². The molecule has 0 radical (unpaired) electrons. The molecule has 1 fully saturated rings. The number of aromatic nitrogens is 2. The smallest absolute Gasteiger partial charge is 0.191 e. The van der Waals surface area contributed by atoms with Gasteiger partial charge in [-0.2, -0.15) is 5.10 Å². The van der Waals surface area contributed by atoms with E-state index in [1.165, 1.54) is 18.4 Å². The quantitative estimate of drug-likeness (QED) is 0.206. The number of aryl methyl sites for hydroxylation is 2. The summed E-state index contributed by atoms with van der Waals surface area (Å²) in [6.07, 6.45) is 11.0. The molecule has 172 valence electrons. The Balaban J connectivity index is 0.00000341. The molecule has 2 N–H and O–H groups in total. The van der Waals surface area contributed by atoms with Crippen LogP contribution in [0.15, 0.2) is 35.6 Å². The predicted octanol–water partition coefficient (Wildman–Crippen LogP) is 4.06. The maximum Gasteiger partial charge on any atom is 0.191 e. The highest BCUT2D eigenvalue weighted by Gasteiger charge is 2.20. The average Bonchev–Trinajstić information content (AvgIpc) is 3.41. The lowest BCUT2D eigenvalue weighted by molar-refractivity contribution is 0.198. The van der Waals surface area contributed by atoms with Crippen molar-refractivity contribution < 1.29 is 9.47 Å². The van der Waals surface area contributed by atoms with Gasteiger partial charge in [-0.3, -0.25) is 4.68 Å². The highest BCUT2D eigenvalue weighted by Crippen LogP contribution is 2.35. The van der Waals surface area contributed by atoms with Crippen LogP contribution in [0.2, 0.25) is 0 Å². The zero-order valence-electron chi connectivity index (χ0n) is 18.9. The van der Waals surface area contributed by atoms with E-state index >= 15 is 0 Å². The van der Waals surface area contributed by atoms with Gasteiger partial charge in [0.2, 0.25) is 0 Å². The molecule has 0 atom stereocenters. The van der Waals surface area contributed by atoms with Crippen LogP contribution < -0.4 is 20.1 Å². The summed E-state index contributed by atoms with van der Waals surface area (Å²) in [5.41, 5.74) is 2.31. The molecule has 0 bridgehead atoms. The topological polar surface area (TPSA) is 72.7 Å². The third-order valence-electron chi connectivity index (χ3n) is 5.31. The number of rotatable bonds is 10. The molecule has 1 saturated carbocycles. The summed E-state index contributed by atoms with van der Waals surface area (Å²) in [6, 6.07) is 6.03. The highest BCUT2D eigenvalue weighted by atomic mass is 127. The maximum atomic E-state index is 6.33. The Labute approximate surface area is 203 Å². The number of para-hydroxylation sites is 1. The summed E-state index contributed by atoms with van der Waals surface area (Å²) in [5.74, 6) is 2.44. The van der Waals surface area contributed by atoms with Gasteiger partial charge in [0.15, 0.2) is 17.5 Å². The molecule has 0 unspecified atom stereocenters. The van der Waals surface area contributed by atoms with Crippen molar-refractivity contribution in [1.29, 1.82) is 0 Å². The molecule has 1 aliphatic rings. The molecule has 2 aromatic rings. The fourth-order valence-corrected chi connectivity index (χ4v) is 3.76. The van der Waals surface area contributed by atoms with Gasteiger partial charge >= 0.3 is 0 Å². The van der Waals surface area contributed by atoms with Gasteiger partial charge in [-0.05, 0) is 57.1 Å². The minimum Gasteiger partial charge on any atom is -0.493 e. The van der Waals surface area contributed by atoms with Crippen molar-refractivity contribution in [3.05, 3.63) is 41.7 Å². The fraction of sp³-hybridized carbons (Fsp3) is 0.565. The highest BCUT2D eigenvalue weighted by molar-refractivity contribution is 14.0. The number of aliphatic imine (C=N–C) groups is 1. The van der Waals surface area contributed by atoms with E-state index in [-0.39, 0.29) is 30.1 Å². The van der Waals surface area contributed by atoms with Gasteiger partial charge in [-0.25, -0.2) is 4.99 Å². The van der Waals surface area contributed by atoms with Crippen LogP contribution >= 0.6 is 24.0 Å². The monoisotopic (exact) mass is 541 g/mol. The number of nitrogens with zero attached hydrogens (tertiary/aromatic N) is 3. The maximum absolute atomic E-state index is 6.33. The van der Waals surface area contributed by atoms with Crippen LogP contribution in [0, 0.1) is 0 Å². The number of benzene rings is 1. The second kappa shape index (κ2) is 13.4. The van der Waals surface area contributed by atoms with Gasteiger partial charge < -0.3 is 20.1 Å². The molecule has 3 rings (SSSR count). The second-order valence-corrected chi connectivity index (χ2v) is 7.72. The molecule has 0 amide bonds. The number of halogens is 1. The molecular formula is C23H36IN5O2. The number of hydrogen-bond acceptors (Lipinski definition) is 4. The van der Waals surface area contributed by atoms with Crippen LogP contribution in [-0.4, -0.2) is 42.0 Å². The molecular weight excluding hydrogens is 505 g/mol. The first-order valence-corrected chi connectivity index (χ1v) is 11.0. The van der Waals surface area contributed by atoms with E-state index in [0.717, 1.165) is 61.8 Å². The minimum absolute atomic E-state index is 0. The van der Waals surface area contributed by atoms with E-state index in [2.05, 4.69) is 34.9 Å². The number of nitrogens with one attached hydrogen (secondary N) is 2. The van der Waals surface area contributed by atoms with Crippen LogP contribution in [0.3, 0.4) is 0 Å². The molecule has 8 heteroatoms. The number of methoxy groups -OCH3 is 1. The van der Waals surface area contributed by atoms with E-state index in [0.29, 0.717) is 6.54 Å². The molecule has 1 aromatic heterocycles. The van der Waals surface area contributed by atoms with Gasteiger partial charge in [0, 0.05) is 31.9 Å². The lowest BCUT2D eigenvalue weighted by Gasteiger charge is -2.19. The Hall–Kier alpha value is -1.97. The van der Waals surface area contributed by atoms with Crippen molar-refractivity contribution in [3.8, 4) is 11.5 Å². The van der Waals surface area contributed by atoms with Gasteiger partial charge in [0.25, 0.3) is 0 Å². The minimum atomic E-state index is 0. The standard InChI is InChI=1S/C23H35N5O2.HI/c1-4-24-23(25-14-8-9-18-15-27-28(2)17-18)26-16-19-10-7-13-21(29-3)22(19)30-20-11-5-6-12-20;/h7,10,13,15,17,20H,4-6,8-9,11-12,14,16H2,1-3H3,(H2,24,25,26);1H. The van der Waals surface area contributed by atoms with Crippen LogP contribution in [0.4, 0.5) is 0 Å². The zero-order chi connectivity index (χ0) is 21.2. The van der Waals surface area contributed by atoms with Gasteiger partial charge in [-0.1, -0.05) is 12.1 Å². The molecule has 0 spiro atoms. The van der Waals surface area contributed by atoms with Crippen molar-refractivity contribution in [3.63, 3.8) is 0 Å². The van der Waals surface area contributed by atoms with Crippen LogP contribution in [0.25, 0.3) is 0 Å². The number of hydrogen-bond donors (Lipinski definition) is 2. The molecule has 0 aliphatic heterocycles. The first-order chi connectivity index (χ1) is 14.7. The first kappa shape index (κ1) is 25.3. The molecule has 1 heterocycles. The van der Waals surface area contributed by atoms with Crippen LogP contribution in [0.5, 0.6) is 11.5 Å². The van der Waals surface area contributed by atoms with Crippen molar-refractivity contribution in [1.82, 2.24) is 20.4 Å². The summed E-state index contributed by atoms with van der Waals surface area (Å²) < 4.78 is 13.7. The lowest BCUT2D eigenvalue weighted by atomic mass is 10.1. The van der Waals surface area contributed by atoms with Gasteiger partial charge in [-0.15, -0.1) is 24.0 Å². The largest absolute Gasteiger partial charge is 0.493 e. The Kier molecular flexibility index (Phi) is 11.0. The number of guanidine groups is 1. The Morgan fingerprint density at radius 3 is 2.74 bits per heavy atom. The molecule has 0 saturated heterocycles. The number of ether oxygens (including phenoxy) is 2. The molecule has 1 aromatic carbocycles. The third-order valence-corrected chi connectivity index (χ3v) is 5.31. The molecule has 31 heavy (non-hydrogen) atoms. The summed E-state index contributed by atoms with van der Waals surface area (Å²) in [7, 11) is 3.64. The fourth-order valence-electron chi connectivity index (χ4n) is 3.76. The Bertz CT molecular complexity index is 818. The van der Waals surface area contributed by atoms with Gasteiger partial charge in [0.05, 0.1) is 26.0 Å². The van der Waals surface area contributed by atoms with Crippen molar-refractivity contribution in [2.75, 3.05) is 20.2 Å². The summed E-state index contributed by atoms with van der Waals surface area (Å²) in [4.78, 5) is 4.79. The van der Waals surface area contributed by atoms with E-state index in [1.54, 1.807) is 7.11 Å². The third kappa shape index (κ3) is 7.90. The SMILES string of the molecule is CCNC(=NCc1cccc(OC)c1OC1CCCC1)NCCCc1cnn(C)c1.I. The summed E-state index contributed by atoms with van der Waals surface area (Å²) >= 11 is 0. The second-order valence-electron chi connectivity index (χ2n) is 7.72. The first-order valence-electron chi connectivity index (χ1n) is 11.0. The van der Waals surface area contributed by atoms with E-state index in [4.69, 9.17) is 14.5 Å². The normalized spacial score (nSPS) is 14.2. The van der Waals surface area contributed by atoms with E-state index in [9.17, 15) is 0 Å². The van der Waals surface area contributed by atoms with Crippen molar-refractivity contribution >= 4 is 29.9 Å².